The summed E-state index contributed by atoms with van der Waals surface area (Å²) in [4.78, 5) is 38.4. The highest BCUT2D eigenvalue weighted by atomic mass is 79.9. The summed E-state index contributed by atoms with van der Waals surface area (Å²) in [6, 6.07) is 1.35. The summed E-state index contributed by atoms with van der Waals surface area (Å²) >= 11 is 3.14. The highest BCUT2D eigenvalue weighted by Gasteiger charge is 2.30. The van der Waals surface area contributed by atoms with E-state index in [1.165, 1.54) is 11.0 Å². The van der Waals surface area contributed by atoms with Crippen molar-refractivity contribution < 1.29 is 19.5 Å². The van der Waals surface area contributed by atoms with Gasteiger partial charge in [0.25, 0.3) is 0 Å². The van der Waals surface area contributed by atoms with Crippen molar-refractivity contribution in [2.75, 3.05) is 11.4 Å². The maximum atomic E-state index is 11.5. The maximum absolute atomic E-state index is 11.5. The molecule has 88 valence electrons. The number of hydrogen-bond donors (Lipinski definition) is 1. The average molecular weight is 299 g/mol. The monoisotopic (exact) mass is 298 g/mol. The first kappa shape index (κ1) is 11.7. The van der Waals surface area contributed by atoms with E-state index < -0.39 is 5.97 Å². The van der Waals surface area contributed by atoms with Gasteiger partial charge in [-0.05, 0) is 22.0 Å². The molecule has 0 bridgehead atoms. The molecule has 0 atom stereocenters. The first-order valence-corrected chi connectivity index (χ1v) is 5.49. The molecule has 0 unspecified atom stereocenters. The summed E-state index contributed by atoms with van der Waals surface area (Å²) in [6.45, 7) is -0.0170. The van der Waals surface area contributed by atoms with E-state index in [4.69, 9.17) is 5.11 Å². The third kappa shape index (κ3) is 2.19. The fourth-order valence-corrected chi connectivity index (χ4v) is 2.09. The van der Waals surface area contributed by atoms with Crippen molar-refractivity contribution in [3.8, 4) is 0 Å². The van der Waals surface area contributed by atoms with Crippen LogP contribution in [0.25, 0.3) is 0 Å². The number of anilines is 1. The van der Waals surface area contributed by atoms with Gasteiger partial charge in [0.15, 0.2) is 5.78 Å². The molecule has 0 spiro atoms. The van der Waals surface area contributed by atoms with E-state index in [2.05, 4.69) is 20.9 Å². The van der Waals surface area contributed by atoms with Gasteiger partial charge in [0.05, 0.1) is 23.0 Å². The minimum absolute atomic E-state index is 0.0126. The lowest BCUT2D eigenvalue weighted by molar-refractivity contribution is -0.121. The zero-order chi connectivity index (χ0) is 12.6. The molecule has 1 amide bonds. The number of aromatic nitrogens is 1. The van der Waals surface area contributed by atoms with E-state index >= 15 is 0 Å². The molecule has 6 nitrogen and oxygen atoms in total. The van der Waals surface area contributed by atoms with Crippen molar-refractivity contribution >= 4 is 39.4 Å². The van der Waals surface area contributed by atoms with Gasteiger partial charge in [0, 0.05) is 6.20 Å². The SMILES string of the molecule is O=C1CC(=O)N(c2ncc(C(=O)O)cc2Br)C1. The number of amides is 1. The lowest BCUT2D eigenvalue weighted by atomic mass is 10.3. The van der Waals surface area contributed by atoms with E-state index in [0.29, 0.717) is 4.47 Å². The number of aromatic carboxylic acids is 1. The van der Waals surface area contributed by atoms with E-state index in [9.17, 15) is 14.4 Å². The fraction of sp³-hybridized carbons (Fsp3) is 0.200. The third-order valence-corrected chi connectivity index (χ3v) is 2.89. The number of pyridine rings is 1. The van der Waals surface area contributed by atoms with Crippen LogP contribution < -0.4 is 4.90 Å². The average Bonchev–Trinajstić information content (AvgIpc) is 2.57. The Morgan fingerprint density at radius 1 is 1.47 bits per heavy atom. The summed E-state index contributed by atoms with van der Waals surface area (Å²) in [7, 11) is 0. The van der Waals surface area contributed by atoms with Crippen molar-refractivity contribution in [3.63, 3.8) is 0 Å². The molecule has 0 aromatic carbocycles. The minimum Gasteiger partial charge on any atom is -0.478 e. The molecule has 2 heterocycles. The van der Waals surface area contributed by atoms with E-state index in [1.807, 2.05) is 0 Å². The van der Waals surface area contributed by atoms with Crippen molar-refractivity contribution in [1.82, 2.24) is 4.98 Å². The van der Waals surface area contributed by atoms with Crippen LogP contribution in [0.2, 0.25) is 0 Å². The van der Waals surface area contributed by atoms with E-state index in [1.54, 1.807) is 0 Å². The first-order valence-electron chi connectivity index (χ1n) is 4.70. The van der Waals surface area contributed by atoms with Crippen molar-refractivity contribution in [3.05, 3.63) is 22.3 Å². The van der Waals surface area contributed by atoms with Crippen LogP contribution in [0.3, 0.4) is 0 Å². The molecule has 0 saturated carbocycles. The van der Waals surface area contributed by atoms with Crippen LogP contribution in [0.4, 0.5) is 5.82 Å². The number of nitrogens with zero attached hydrogens (tertiary/aromatic N) is 2. The van der Waals surface area contributed by atoms with Crippen molar-refractivity contribution in [1.29, 1.82) is 0 Å². The van der Waals surface area contributed by atoms with Crippen molar-refractivity contribution in [2.45, 2.75) is 6.42 Å². The molecular weight excluding hydrogens is 292 g/mol. The maximum Gasteiger partial charge on any atom is 0.337 e. The minimum atomic E-state index is -1.10. The first-order chi connectivity index (χ1) is 7.99. The van der Waals surface area contributed by atoms with Crippen molar-refractivity contribution in [2.24, 2.45) is 0 Å². The van der Waals surface area contributed by atoms with Crippen LogP contribution in [0.15, 0.2) is 16.7 Å². The van der Waals surface area contributed by atoms with Gasteiger partial charge in [0.1, 0.15) is 5.82 Å². The summed E-state index contributed by atoms with van der Waals surface area (Å²) in [5.74, 6) is -1.34. The molecule has 1 saturated heterocycles. The van der Waals surface area contributed by atoms with Gasteiger partial charge in [-0.2, -0.15) is 0 Å². The molecule has 1 aromatic rings. The van der Waals surface area contributed by atoms with Gasteiger partial charge in [-0.3, -0.25) is 14.5 Å². The predicted molar refractivity (Wildman–Crippen MR) is 60.9 cm³/mol. The van der Waals surface area contributed by atoms with Crippen LogP contribution in [0, 0.1) is 0 Å². The Labute approximate surface area is 104 Å². The molecule has 1 aliphatic heterocycles. The number of carbonyl (C=O) groups is 3. The quantitative estimate of drug-likeness (QED) is 0.818. The van der Waals surface area contributed by atoms with Gasteiger partial charge in [-0.15, -0.1) is 0 Å². The third-order valence-electron chi connectivity index (χ3n) is 2.31. The Morgan fingerprint density at radius 3 is 2.65 bits per heavy atom. The summed E-state index contributed by atoms with van der Waals surface area (Å²) in [5.41, 5.74) is 0.0126. The second-order valence-electron chi connectivity index (χ2n) is 3.53. The molecule has 1 N–H and O–H groups in total. The Hall–Kier alpha value is -1.76. The van der Waals surface area contributed by atoms with Gasteiger partial charge in [0.2, 0.25) is 5.91 Å². The van der Waals surface area contributed by atoms with Crippen LogP contribution in [0.5, 0.6) is 0 Å². The summed E-state index contributed by atoms with van der Waals surface area (Å²) in [5, 5.41) is 8.76. The number of Topliss-reactive ketones (excluding diaryl/α,β-unsaturated/α-hetero) is 1. The number of rotatable bonds is 2. The second-order valence-corrected chi connectivity index (χ2v) is 4.38. The number of ketones is 1. The zero-order valence-electron chi connectivity index (χ0n) is 8.51. The Balaban J connectivity index is 2.37. The van der Waals surface area contributed by atoms with Crippen LogP contribution in [0.1, 0.15) is 16.8 Å². The zero-order valence-corrected chi connectivity index (χ0v) is 10.1. The number of carboxylic acids is 1. The molecule has 7 heteroatoms. The van der Waals surface area contributed by atoms with Crippen LogP contribution in [-0.4, -0.2) is 34.3 Å². The molecule has 17 heavy (non-hydrogen) atoms. The summed E-state index contributed by atoms with van der Waals surface area (Å²) in [6.07, 6.45) is 1.02. The van der Waals surface area contributed by atoms with E-state index in [-0.39, 0.29) is 36.0 Å². The molecule has 1 fully saturated rings. The van der Waals surface area contributed by atoms with E-state index in [0.717, 1.165) is 6.20 Å². The molecule has 1 aliphatic rings. The second kappa shape index (κ2) is 4.25. The predicted octanol–water partition coefficient (Wildman–Crippen LogP) is 0.848. The van der Waals surface area contributed by atoms with Gasteiger partial charge < -0.3 is 5.11 Å². The fourth-order valence-electron chi connectivity index (χ4n) is 1.52. The van der Waals surface area contributed by atoms with Gasteiger partial charge in [-0.1, -0.05) is 0 Å². The molecular formula is C10H7BrN2O4. The van der Waals surface area contributed by atoms with Gasteiger partial charge in [-0.25, -0.2) is 9.78 Å². The molecule has 0 aliphatic carbocycles. The number of hydrogen-bond acceptors (Lipinski definition) is 4. The molecule has 2 rings (SSSR count). The lowest BCUT2D eigenvalue weighted by Gasteiger charge is -2.15. The Kier molecular flexibility index (Phi) is 2.93. The number of carbonyl (C=O) groups excluding carboxylic acids is 2. The standard InChI is InChI=1S/C10H7BrN2O4/c11-7-1-5(10(16)17)3-12-9(7)13-4-6(14)2-8(13)15/h1,3H,2,4H2,(H,16,17). The molecule has 1 aromatic heterocycles. The van der Waals surface area contributed by atoms with Crippen LogP contribution in [-0.2, 0) is 9.59 Å². The topological polar surface area (TPSA) is 87.6 Å². The van der Waals surface area contributed by atoms with Gasteiger partial charge >= 0.3 is 5.97 Å². The highest BCUT2D eigenvalue weighted by Crippen LogP contribution is 2.27. The normalized spacial score (nSPS) is 15.5. The van der Waals surface area contributed by atoms with Crippen LogP contribution >= 0.6 is 15.9 Å². The smallest absolute Gasteiger partial charge is 0.337 e. The highest BCUT2D eigenvalue weighted by molar-refractivity contribution is 9.10. The number of halogens is 1. The largest absolute Gasteiger partial charge is 0.478 e. The Bertz CT molecular complexity index is 529. The Morgan fingerprint density at radius 2 is 2.18 bits per heavy atom. The number of carboxylic acid groups (broad SMARTS) is 1. The summed E-state index contributed by atoms with van der Waals surface area (Å²) < 4.78 is 0.375. The molecule has 0 radical (unpaired) electrons. The lowest BCUT2D eigenvalue weighted by Crippen LogP contribution is -2.26.